The van der Waals surface area contributed by atoms with Crippen molar-refractivity contribution >= 4 is 17.7 Å². The maximum atomic E-state index is 13.6. The van der Waals surface area contributed by atoms with Gasteiger partial charge in [0.15, 0.2) is 17.6 Å². The van der Waals surface area contributed by atoms with E-state index >= 15 is 0 Å². The van der Waals surface area contributed by atoms with E-state index in [1.54, 1.807) is 12.1 Å². The molecular weight excluding hydrogens is 634 g/mol. The number of benzene rings is 1. The fourth-order valence-electron chi connectivity index (χ4n) is 9.41. The summed E-state index contributed by atoms with van der Waals surface area (Å²) in [7, 11) is 2.02. The van der Waals surface area contributed by atoms with Crippen LogP contribution in [0.1, 0.15) is 153 Å². The largest absolute Gasteiger partial charge is 0.504 e. The summed E-state index contributed by atoms with van der Waals surface area (Å²) in [6.07, 6.45) is 21.2. The number of likely N-dealkylation sites (tertiary alicyclic amines) is 1. The normalized spacial score (nSPS) is 25.6. The van der Waals surface area contributed by atoms with Crippen molar-refractivity contribution in [1.82, 2.24) is 4.90 Å². The standard InChI is InChI=1S/C41H61NO8/c1-3-4-5-6-7-8-9-10-11-12-13-14-15-16-17-19-31(43)26-30(28-35(45)46)39(47)49-33-22-24-41(48)34-27-29-20-21-32(44)37-36(29)40(41,38(33)50-37)23-18-25-42(34)2/h20-22,30,34,38,44,48H,3-19,23-28H2,1-2H3,(H,45,46)/t30-,34+,38-,40-,41+/m0/s1. The molecule has 3 N–H and O–H groups in total. The second kappa shape index (κ2) is 17.5. The second-order valence-corrected chi connectivity index (χ2v) is 15.6. The van der Waals surface area contributed by atoms with Crippen LogP contribution in [0.15, 0.2) is 24.0 Å². The monoisotopic (exact) mass is 695 g/mol. The zero-order valence-electron chi connectivity index (χ0n) is 30.6. The number of carboxylic acid groups (broad SMARTS) is 1. The number of phenols is 1. The van der Waals surface area contributed by atoms with Crippen LogP contribution in [-0.2, 0) is 31.0 Å². The van der Waals surface area contributed by atoms with Gasteiger partial charge in [-0.05, 0) is 57.0 Å². The summed E-state index contributed by atoms with van der Waals surface area (Å²) in [4.78, 5) is 40.5. The molecule has 278 valence electrons. The van der Waals surface area contributed by atoms with Crippen LogP contribution in [0.4, 0.5) is 0 Å². The highest BCUT2D eigenvalue weighted by Gasteiger charge is 2.71. The van der Waals surface area contributed by atoms with Gasteiger partial charge in [-0.1, -0.05) is 103 Å². The number of hydrogen-bond donors (Lipinski definition) is 3. The van der Waals surface area contributed by atoms with E-state index in [-0.39, 0.29) is 36.2 Å². The average Bonchev–Trinajstić information content (AvgIpc) is 3.42. The number of carboxylic acids is 1. The molecule has 9 heteroatoms. The van der Waals surface area contributed by atoms with E-state index in [1.165, 1.54) is 70.6 Å². The number of aromatic hydroxyl groups is 1. The Labute approximate surface area is 298 Å². The SMILES string of the molecule is CCCCCCCCCCCCCCCCCC(=O)C[C@@H](CC(=O)O)C(=O)OC1=CC[C@@]2(O)[C@H]3Cc4ccc(O)c5c4[C@@]2(CCCN3C)[C@H]1O5. The number of ether oxygens (including phenoxy) is 2. The minimum absolute atomic E-state index is 0.0234. The number of hydrogen-bond acceptors (Lipinski definition) is 8. The van der Waals surface area contributed by atoms with E-state index < -0.39 is 41.4 Å². The van der Waals surface area contributed by atoms with Crippen molar-refractivity contribution in [3.63, 3.8) is 0 Å². The Bertz CT molecular complexity index is 1370. The topological polar surface area (TPSA) is 134 Å². The molecule has 0 amide bonds. The molecule has 0 unspecified atom stereocenters. The van der Waals surface area contributed by atoms with Gasteiger partial charge in [0.2, 0.25) is 0 Å². The molecular formula is C41H61NO8. The summed E-state index contributed by atoms with van der Waals surface area (Å²) in [5.41, 5.74) is -0.349. The number of aliphatic carboxylic acids is 1. The smallest absolute Gasteiger partial charge is 0.315 e. The molecule has 0 saturated carbocycles. The van der Waals surface area contributed by atoms with Gasteiger partial charge in [-0.3, -0.25) is 14.4 Å². The Morgan fingerprint density at radius 1 is 0.940 bits per heavy atom. The predicted molar refractivity (Wildman–Crippen MR) is 192 cm³/mol. The molecule has 2 aliphatic carbocycles. The molecule has 1 saturated heterocycles. The molecule has 4 aliphatic rings. The quantitative estimate of drug-likeness (QED) is 0.0817. The van der Waals surface area contributed by atoms with Crippen LogP contribution in [-0.4, -0.2) is 69.3 Å². The molecule has 5 atom stereocenters. The highest BCUT2D eigenvalue weighted by molar-refractivity contribution is 5.87. The number of ketones is 1. The van der Waals surface area contributed by atoms with Crippen molar-refractivity contribution in [3.8, 4) is 11.5 Å². The van der Waals surface area contributed by atoms with Crippen LogP contribution in [0.5, 0.6) is 11.5 Å². The van der Waals surface area contributed by atoms with Gasteiger partial charge in [0.1, 0.15) is 11.5 Å². The van der Waals surface area contributed by atoms with E-state index in [0.717, 1.165) is 49.8 Å². The van der Waals surface area contributed by atoms with E-state index in [4.69, 9.17) is 9.47 Å². The Balaban J connectivity index is 1.10. The van der Waals surface area contributed by atoms with Crippen LogP contribution in [0, 0.1) is 5.92 Å². The lowest BCUT2D eigenvalue weighted by molar-refractivity contribution is -0.157. The number of likely N-dealkylation sites (N-methyl/N-ethyl adjacent to an activating group) is 1. The zero-order chi connectivity index (χ0) is 35.7. The Morgan fingerprint density at radius 2 is 1.56 bits per heavy atom. The van der Waals surface area contributed by atoms with Crippen LogP contribution in [0.3, 0.4) is 0 Å². The fraction of sp³-hybridized carbons (Fsp3) is 0.732. The Kier molecular flexibility index (Phi) is 13.4. The third kappa shape index (κ3) is 8.25. The van der Waals surface area contributed by atoms with Crippen molar-refractivity contribution < 1.29 is 39.2 Å². The lowest BCUT2D eigenvalue weighted by Crippen LogP contribution is -2.69. The van der Waals surface area contributed by atoms with E-state index in [2.05, 4.69) is 11.8 Å². The first-order chi connectivity index (χ1) is 24.1. The van der Waals surface area contributed by atoms with Gasteiger partial charge in [0, 0.05) is 30.9 Å². The van der Waals surface area contributed by atoms with Gasteiger partial charge in [-0.2, -0.15) is 0 Å². The minimum atomic E-state index is -1.21. The van der Waals surface area contributed by atoms with Gasteiger partial charge in [-0.25, -0.2) is 0 Å². The molecule has 5 rings (SSSR count). The third-order valence-corrected chi connectivity index (χ3v) is 12.1. The first-order valence-corrected chi connectivity index (χ1v) is 19.7. The number of Topliss-reactive ketones (excluding diaryl/α,β-unsaturated/α-hetero) is 1. The molecule has 1 aromatic carbocycles. The molecule has 0 aromatic heterocycles. The van der Waals surface area contributed by atoms with Gasteiger partial charge < -0.3 is 29.7 Å². The number of phenolic OH excluding ortho intramolecular Hbond substituents is 1. The van der Waals surface area contributed by atoms with Crippen molar-refractivity contribution in [2.75, 3.05) is 13.6 Å². The van der Waals surface area contributed by atoms with Crippen molar-refractivity contribution in [1.29, 1.82) is 0 Å². The molecule has 0 radical (unpaired) electrons. The molecule has 1 fully saturated rings. The lowest BCUT2D eigenvalue weighted by Gasteiger charge is -2.56. The number of unbranched alkanes of at least 4 members (excludes halogenated alkanes) is 14. The maximum absolute atomic E-state index is 13.6. The molecule has 9 nitrogen and oxygen atoms in total. The number of carbonyl (C=O) groups excluding carboxylic acids is 2. The molecule has 2 bridgehead atoms. The molecule has 2 aliphatic heterocycles. The van der Waals surface area contributed by atoms with Crippen LogP contribution in [0.25, 0.3) is 0 Å². The number of esters is 1. The highest BCUT2D eigenvalue weighted by atomic mass is 16.6. The maximum Gasteiger partial charge on any atom is 0.315 e. The molecule has 50 heavy (non-hydrogen) atoms. The van der Waals surface area contributed by atoms with Crippen molar-refractivity contribution in [3.05, 3.63) is 35.1 Å². The summed E-state index contributed by atoms with van der Waals surface area (Å²) in [6, 6.07) is 3.32. The van der Waals surface area contributed by atoms with Gasteiger partial charge in [0.05, 0.1) is 23.4 Å². The molecule has 2 heterocycles. The number of carbonyl (C=O) groups is 3. The first-order valence-electron chi connectivity index (χ1n) is 19.7. The van der Waals surface area contributed by atoms with Gasteiger partial charge in [0.25, 0.3) is 0 Å². The van der Waals surface area contributed by atoms with Crippen LogP contribution < -0.4 is 4.74 Å². The average molecular weight is 696 g/mol. The van der Waals surface area contributed by atoms with Gasteiger partial charge >= 0.3 is 11.9 Å². The minimum Gasteiger partial charge on any atom is -0.504 e. The fourth-order valence-corrected chi connectivity index (χ4v) is 9.41. The highest BCUT2D eigenvalue weighted by Crippen LogP contribution is 2.65. The Hall–Kier alpha value is -2.91. The first kappa shape index (κ1) is 38.3. The number of aliphatic hydroxyl groups is 1. The summed E-state index contributed by atoms with van der Waals surface area (Å²) in [5.74, 6) is -2.68. The van der Waals surface area contributed by atoms with E-state index in [9.17, 15) is 29.7 Å². The second-order valence-electron chi connectivity index (χ2n) is 15.6. The van der Waals surface area contributed by atoms with Crippen LogP contribution >= 0.6 is 0 Å². The van der Waals surface area contributed by atoms with E-state index in [1.807, 2.05) is 13.1 Å². The summed E-state index contributed by atoms with van der Waals surface area (Å²) in [6.45, 7) is 3.04. The van der Waals surface area contributed by atoms with Gasteiger partial charge in [-0.15, -0.1) is 0 Å². The summed E-state index contributed by atoms with van der Waals surface area (Å²) in [5, 5.41) is 32.9. The number of nitrogens with zero attached hydrogens (tertiary/aromatic N) is 1. The third-order valence-electron chi connectivity index (χ3n) is 12.1. The lowest BCUT2D eigenvalue weighted by atomic mass is 9.52. The zero-order valence-corrected chi connectivity index (χ0v) is 30.6. The van der Waals surface area contributed by atoms with Crippen molar-refractivity contribution in [2.45, 2.75) is 171 Å². The summed E-state index contributed by atoms with van der Waals surface area (Å²) >= 11 is 0. The molecule has 1 spiro atoms. The number of rotatable bonds is 22. The summed E-state index contributed by atoms with van der Waals surface area (Å²) < 4.78 is 12.4. The predicted octanol–water partition coefficient (Wildman–Crippen LogP) is 7.91. The molecule has 1 aromatic rings. The van der Waals surface area contributed by atoms with Crippen molar-refractivity contribution in [2.24, 2.45) is 5.92 Å². The van der Waals surface area contributed by atoms with E-state index in [0.29, 0.717) is 25.0 Å². The Morgan fingerprint density at radius 3 is 2.18 bits per heavy atom. The van der Waals surface area contributed by atoms with Crippen LogP contribution in [0.2, 0.25) is 0 Å².